The third-order valence-electron chi connectivity index (χ3n) is 4.21. The summed E-state index contributed by atoms with van der Waals surface area (Å²) in [6.45, 7) is 7.65. The summed E-state index contributed by atoms with van der Waals surface area (Å²) in [5.41, 5.74) is 2.61. The Bertz CT molecular complexity index is 739. The lowest BCUT2D eigenvalue weighted by molar-refractivity contribution is 0.0953. The van der Waals surface area contributed by atoms with E-state index in [2.05, 4.69) is 32.7 Å². The zero-order valence-corrected chi connectivity index (χ0v) is 14.7. The molecular weight excluding hydrogens is 336 g/mol. The van der Waals surface area contributed by atoms with Crippen molar-refractivity contribution in [3.8, 4) is 0 Å². The van der Waals surface area contributed by atoms with Crippen LogP contribution in [-0.2, 0) is 0 Å². The molecule has 0 bridgehead atoms. The normalized spacial score (nSPS) is 14.3. The van der Waals surface area contributed by atoms with Gasteiger partial charge >= 0.3 is 0 Å². The number of hydrogen-bond acceptors (Lipinski definition) is 4. The summed E-state index contributed by atoms with van der Waals surface area (Å²) < 4.78 is 0. The van der Waals surface area contributed by atoms with Crippen LogP contribution in [0.4, 0.5) is 11.4 Å². The highest BCUT2D eigenvalue weighted by Gasteiger charge is 2.18. The highest BCUT2D eigenvalue weighted by Crippen LogP contribution is 2.22. The predicted molar refractivity (Wildman–Crippen MR) is 103 cm³/mol. The van der Waals surface area contributed by atoms with Crippen LogP contribution in [-0.4, -0.2) is 43.6 Å². The molecule has 2 heterocycles. The van der Waals surface area contributed by atoms with Crippen LogP contribution in [0.15, 0.2) is 55.3 Å². The van der Waals surface area contributed by atoms with Crippen LogP contribution in [0.1, 0.15) is 10.5 Å². The molecule has 1 aromatic carbocycles. The Morgan fingerprint density at radius 3 is 2.48 bits per heavy atom. The SMILES string of the molecule is C=CCNC(=O)c1ccc(N2CCN(c3cccc(Cl)c3)CC2)cn1. The van der Waals surface area contributed by atoms with E-state index in [1.807, 2.05) is 24.3 Å². The minimum absolute atomic E-state index is 0.183. The third-order valence-corrected chi connectivity index (χ3v) is 4.44. The van der Waals surface area contributed by atoms with Crippen molar-refractivity contribution in [3.05, 3.63) is 66.0 Å². The second-order valence-electron chi connectivity index (χ2n) is 5.85. The van der Waals surface area contributed by atoms with E-state index >= 15 is 0 Å². The zero-order valence-electron chi connectivity index (χ0n) is 14.0. The fraction of sp³-hybridized carbons (Fsp3) is 0.263. The second kappa shape index (κ2) is 8.03. The molecule has 3 rings (SSSR count). The van der Waals surface area contributed by atoms with Crippen LogP contribution in [0.5, 0.6) is 0 Å². The van der Waals surface area contributed by atoms with E-state index in [1.54, 1.807) is 18.3 Å². The van der Waals surface area contributed by atoms with Crippen LogP contribution >= 0.6 is 11.6 Å². The number of rotatable bonds is 5. The van der Waals surface area contributed by atoms with Gasteiger partial charge < -0.3 is 15.1 Å². The molecule has 1 aliphatic heterocycles. The minimum Gasteiger partial charge on any atom is -0.368 e. The molecule has 1 aliphatic rings. The van der Waals surface area contributed by atoms with Crippen molar-refractivity contribution < 1.29 is 4.79 Å². The quantitative estimate of drug-likeness (QED) is 0.837. The van der Waals surface area contributed by atoms with Crippen molar-refractivity contribution in [1.29, 1.82) is 0 Å². The summed E-state index contributed by atoms with van der Waals surface area (Å²) in [7, 11) is 0. The van der Waals surface area contributed by atoms with Crippen LogP contribution in [0.2, 0.25) is 5.02 Å². The van der Waals surface area contributed by atoms with E-state index in [0.717, 1.165) is 42.6 Å². The molecular formula is C19H21ClN4O. The summed E-state index contributed by atoms with van der Waals surface area (Å²) in [6, 6.07) is 11.7. The largest absolute Gasteiger partial charge is 0.368 e. The van der Waals surface area contributed by atoms with Crippen LogP contribution in [0.25, 0.3) is 0 Å². The van der Waals surface area contributed by atoms with Gasteiger partial charge in [-0.3, -0.25) is 4.79 Å². The van der Waals surface area contributed by atoms with Gasteiger partial charge in [-0.05, 0) is 30.3 Å². The van der Waals surface area contributed by atoms with E-state index in [-0.39, 0.29) is 5.91 Å². The van der Waals surface area contributed by atoms with Gasteiger partial charge in [0, 0.05) is 43.4 Å². The van der Waals surface area contributed by atoms with Gasteiger partial charge in [-0.1, -0.05) is 23.7 Å². The van der Waals surface area contributed by atoms with E-state index in [0.29, 0.717) is 12.2 Å². The van der Waals surface area contributed by atoms with Gasteiger partial charge in [-0.15, -0.1) is 6.58 Å². The summed E-state index contributed by atoms with van der Waals surface area (Å²) in [5, 5.41) is 3.48. The molecule has 1 N–H and O–H groups in total. The van der Waals surface area contributed by atoms with Crippen LogP contribution < -0.4 is 15.1 Å². The number of nitrogens with zero attached hydrogens (tertiary/aromatic N) is 3. The number of anilines is 2. The topological polar surface area (TPSA) is 48.5 Å². The third kappa shape index (κ3) is 4.31. The maximum absolute atomic E-state index is 11.9. The molecule has 6 heteroatoms. The van der Waals surface area contributed by atoms with Gasteiger partial charge in [0.25, 0.3) is 5.91 Å². The molecule has 0 aliphatic carbocycles. The summed E-state index contributed by atoms with van der Waals surface area (Å²) in [5.74, 6) is -0.183. The first-order chi connectivity index (χ1) is 12.2. The number of halogens is 1. The molecule has 1 amide bonds. The Morgan fingerprint density at radius 1 is 1.16 bits per heavy atom. The van der Waals surface area contributed by atoms with E-state index < -0.39 is 0 Å². The monoisotopic (exact) mass is 356 g/mol. The molecule has 0 atom stereocenters. The van der Waals surface area contributed by atoms with Gasteiger partial charge in [0.05, 0.1) is 11.9 Å². The highest BCUT2D eigenvalue weighted by atomic mass is 35.5. The number of aromatic nitrogens is 1. The van der Waals surface area contributed by atoms with Gasteiger partial charge in [0.15, 0.2) is 0 Å². The number of benzene rings is 1. The Balaban J connectivity index is 1.59. The Labute approximate surface area is 152 Å². The first-order valence-corrected chi connectivity index (χ1v) is 8.66. The Morgan fingerprint density at radius 2 is 1.88 bits per heavy atom. The number of carbonyl (C=O) groups is 1. The first kappa shape index (κ1) is 17.3. The standard InChI is InChI=1S/C19H21ClN4O/c1-2-8-21-19(25)18-7-6-17(14-22-18)24-11-9-23(10-12-24)16-5-3-4-15(20)13-16/h2-7,13-14H,1,8-12H2,(H,21,25). The lowest BCUT2D eigenvalue weighted by Crippen LogP contribution is -2.46. The van der Waals surface area contributed by atoms with Gasteiger partial charge in [0.2, 0.25) is 0 Å². The second-order valence-corrected chi connectivity index (χ2v) is 6.29. The number of carbonyl (C=O) groups excluding carboxylic acids is 1. The van der Waals surface area contributed by atoms with Crippen molar-refractivity contribution in [1.82, 2.24) is 10.3 Å². The predicted octanol–water partition coefficient (Wildman–Crippen LogP) is 2.98. The molecule has 0 saturated carbocycles. The highest BCUT2D eigenvalue weighted by molar-refractivity contribution is 6.30. The number of nitrogens with one attached hydrogen (secondary N) is 1. The lowest BCUT2D eigenvalue weighted by atomic mass is 10.2. The molecule has 0 unspecified atom stereocenters. The molecule has 0 spiro atoms. The summed E-state index contributed by atoms with van der Waals surface area (Å²) in [4.78, 5) is 20.7. The zero-order chi connectivity index (χ0) is 17.6. The number of pyridine rings is 1. The number of amides is 1. The smallest absolute Gasteiger partial charge is 0.270 e. The molecule has 0 radical (unpaired) electrons. The summed E-state index contributed by atoms with van der Waals surface area (Å²) in [6.07, 6.45) is 3.41. The first-order valence-electron chi connectivity index (χ1n) is 8.28. The minimum atomic E-state index is -0.183. The molecule has 2 aromatic rings. The van der Waals surface area contributed by atoms with Crippen molar-refractivity contribution in [2.24, 2.45) is 0 Å². The van der Waals surface area contributed by atoms with Crippen molar-refractivity contribution >= 4 is 28.9 Å². The fourth-order valence-corrected chi connectivity index (χ4v) is 3.04. The van der Waals surface area contributed by atoms with E-state index in [1.165, 1.54) is 0 Å². The maximum Gasteiger partial charge on any atom is 0.270 e. The molecule has 1 aromatic heterocycles. The van der Waals surface area contributed by atoms with Gasteiger partial charge in [0.1, 0.15) is 5.69 Å². The summed E-state index contributed by atoms with van der Waals surface area (Å²) >= 11 is 6.08. The Hall–Kier alpha value is -2.53. The average Bonchev–Trinajstić information content (AvgIpc) is 2.66. The van der Waals surface area contributed by atoms with E-state index in [4.69, 9.17) is 11.6 Å². The maximum atomic E-state index is 11.9. The van der Waals surface area contributed by atoms with Crippen molar-refractivity contribution in [3.63, 3.8) is 0 Å². The molecule has 25 heavy (non-hydrogen) atoms. The number of piperazine rings is 1. The van der Waals surface area contributed by atoms with Crippen LogP contribution in [0.3, 0.4) is 0 Å². The average molecular weight is 357 g/mol. The lowest BCUT2D eigenvalue weighted by Gasteiger charge is -2.37. The van der Waals surface area contributed by atoms with Crippen molar-refractivity contribution in [2.45, 2.75) is 0 Å². The molecule has 5 nitrogen and oxygen atoms in total. The van der Waals surface area contributed by atoms with Crippen LogP contribution in [0, 0.1) is 0 Å². The van der Waals surface area contributed by atoms with Gasteiger partial charge in [-0.25, -0.2) is 4.98 Å². The number of hydrogen-bond donors (Lipinski definition) is 1. The van der Waals surface area contributed by atoms with Crippen molar-refractivity contribution in [2.75, 3.05) is 42.5 Å². The molecule has 130 valence electrons. The van der Waals surface area contributed by atoms with E-state index in [9.17, 15) is 4.79 Å². The fourth-order valence-electron chi connectivity index (χ4n) is 2.86. The molecule has 1 saturated heterocycles. The molecule has 1 fully saturated rings. The Kier molecular flexibility index (Phi) is 5.56. The van der Waals surface area contributed by atoms with Gasteiger partial charge in [-0.2, -0.15) is 0 Å².